The maximum Gasteiger partial charge on any atom is 0.340 e. The van der Waals surface area contributed by atoms with Crippen LogP contribution in [0.5, 0.6) is 0 Å². The van der Waals surface area contributed by atoms with E-state index in [9.17, 15) is 14.0 Å². The van der Waals surface area contributed by atoms with Gasteiger partial charge in [-0.3, -0.25) is 4.79 Å². The highest BCUT2D eigenvalue weighted by atomic mass is 19.1. The predicted octanol–water partition coefficient (Wildman–Crippen LogP) is 1.74. The molecule has 6 nitrogen and oxygen atoms in total. The van der Waals surface area contributed by atoms with Crippen LogP contribution in [-0.2, 0) is 14.3 Å². The Morgan fingerprint density at radius 1 is 1.45 bits per heavy atom. The number of carbonyl (C=O) groups excluding carboxylic acids is 2. The van der Waals surface area contributed by atoms with Crippen LogP contribution in [0.15, 0.2) is 23.3 Å². The molecule has 3 rings (SSSR count). The second-order valence-corrected chi connectivity index (χ2v) is 5.10. The lowest BCUT2D eigenvalue weighted by molar-refractivity contribution is -0.120. The van der Waals surface area contributed by atoms with E-state index in [0.717, 1.165) is 11.8 Å². The Hall–Kier alpha value is -2.28. The van der Waals surface area contributed by atoms with E-state index in [4.69, 9.17) is 4.74 Å². The van der Waals surface area contributed by atoms with Gasteiger partial charge < -0.3 is 9.47 Å². The molecule has 1 amide bonds. The van der Waals surface area contributed by atoms with E-state index >= 15 is 0 Å². The Balaban J connectivity index is 1.94. The zero-order valence-corrected chi connectivity index (χ0v) is 12.0. The van der Waals surface area contributed by atoms with Gasteiger partial charge in [0.1, 0.15) is 5.82 Å². The van der Waals surface area contributed by atoms with E-state index in [1.54, 1.807) is 0 Å². The standard InChI is InChI=1S/C15H15FN2O4/c1-21-15(20)11-8-9(2-3-12(11)16)18-14(19)10-4-6-22-7-5-13(10)17-18/h2-3,8,10H,4-7H2,1H3. The van der Waals surface area contributed by atoms with E-state index in [-0.39, 0.29) is 17.4 Å². The number of rotatable bonds is 2. The summed E-state index contributed by atoms with van der Waals surface area (Å²) in [4.78, 5) is 24.0. The minimum atomic E-state index is -0.790. The van der Waals surface area contributed by atoms with Gasteiger partial charge >= 0.3 is 5.97 Å². The van der Waals surface area contributed by atoms with Gasteiger partial charge in [-0.1, -0.05) is 0 Å². The van der Waals surface area contributed by atoms with Crippen molar-refractivity contribution in [1.82, 2.24) is 0 Å². The van der Waals surface area contributed by atoms with Crippen LogP contribution in [0.3, 0.4) is 0 Å². The van der Waals surface area contributed by atoms with Crippen molar-refractivity contribution in [3.05, 3.63) is 29.6 Å². The molecule has 116 valence electrons. The molecule has 2 heterocycles. The van der Waals surface area contributed by atoms with Crippen LogP contribution in [0, 0.1) is 11.7 Å². The summed E-state index contributed by atoms with van der Waals surface area (Å²) in [5.41, 5.74) is 0.906. The Morgan fingerprint density at radius 3 is 3.05 bits per heavy atom. The minimum absolute atomic E-state index is 0.178. The molecule has 0 bridgehead atoms. The van der Waals surface area contributed by atoms with Gasteiger partial charge in [-0.05, 0) is 24.6 Å². The molecule has 2 aliphatic heterocycles. The molecule has 0 aliphatic carbocycles. The fourth-order valence-electron chi connectivity index (χ4n) is 2.63. The van der Waals surface area contributed by atoms with Crippen LogP contribution in [-0.4, -0.2) is 37.9 Å². The van der Waals surface area contributed by atoms with Crippen molar-refractivity contribution < 1.29 is 23.5 Å². The fraction of sp³-hybridized carbons (Fsp3) is 0.400. The molecule has 7 heteroatoms. The number of nitrogens with zero attached hydrogens (tertiary/aromatic N) is 2. The van der Waals surface area contributed by atoms with Crippen LogP contribution >= 0.6 is 0 Å². The number of carbonyl (C=O) groups is 2. The minimum Gasteiger partial charge on any atom is -0.465 e. The summed E-state index contributed by atoms with van der Waals surface area (Å²) in [5, 5.41) is 5.56. The summed E-state index contributed by atoms with van der Waals surface area (Å²) in [6, 6.07) is 3.84. The molecule has 1 unspecified atom stereocenters. The normalized spacial score (nSPS) is 21.2. The summed E-state index contributed by atoms with van der Waals surface area (Å²) >= 11 is 0. The first-order valence-electron chi connectivity index (χ1n) is 6.98. The van der Waals surface area contributed by atoms with E-state index in [1.807, 2.05) is 0 Å². The Labute approximate surface area is 126 Å². The number of fused-ring (bicyclic) bond motifs is 1. The monoisotopic (exact) mass is 306 g/mol. The fourth-order valence-corrected chi connectivity index (χ4v) is 2.63. The first-order valence-corrected chi connectivity index (χ1v) is 6.98. The zero-order valence-electron chi connectivity index (χ0n) is 12.0. The average molecular weight is 306 g/mol. The molecule has 2 aliphatic rings. The van der Waals surface area contributed by atoms with Gasteiger partial charge in [-0.25, -0.2) is 14.2 Å². The lowest BCUT2D eigenvalue weighted by Crippen LogP contribution is -2.27. The maximum absolute atomic E-state index is 13.7. The summed E-state index contributed by atoms with van der Waals surface area (Å²) in [6.45, 7) is 1.05. The Morgan fingerprint density at radius 2 is 2.27 bits per heavy atom. The molecule has 0 N–H and O–H groups in total. The van der Waals surface area contributed by atoms with Gasteiger partial charge in [-0.15, -0.1) is 0 Å². The smallest absolute Gasteiger partial charge is 0.340 e. The third-order valence-corrected chi connectivity index (χ3v) is 3.79. The van der Waals surface area contributed by atoms with Gasteiger partial charge in [0.25, 0.3) is 5.91 Å². The summed E-state index contributed by atoms with van der Waals surface area (Å²) in [7, 11) is 1.17. The van der Waals surface area contributed by atoms with Crippen LogP contribution in [0.4, 0.5) is 10.1 Å². The van der Waals surface area contributed by atoms with Gasteiger partial charge in [0, 0.05) is 13.0 Å². The summed E-state index contributed by atoms with van der Waals surface area (Å²) in [5.74, 6) is -1.96. The van der Waals surface area contributed by atoms with E-state index < -0.39 is 11.8 Å². The van der Waals surface area contributed by atoms with Gasteiger partial charge in [-0.2, -0.15) is 5.10 Å². The van der Waals surface area contributed by atoms with Crippen molar-refractivity contribution in [1.29, 1.82) is 0 Å². The number of ether oxygens (including phenoxy) is 2. The molecule has 0 aromatic heterocycles. The van der Waals surface area contributed by atoms with E-state index in [1.165, 1.54) is 24.3 Å². The van der Waals surface area contributed by atoms with Gasteiger partial charge in [0.05, 0.1) is 36.6 Å². The second kappa shape index (κ2) is 5.84. The number of anilines is 1. The molecule has 0 radical (unpaired) electrons. The molecule has 1 atom stereocenters. The maximum atomic E-state index is 13.7. The van der Waals surface area contributed by atoms with Crippen LogP contribution < -0.4 is 5.01 Å². The number of hydrazone groups is 1. The Bertz CT molecular complexity index is 659. The number of methoxy groups -OCH3 is 1. The van der Waals surface area contributed by atoms with Crippen LogP contribution in [0.1, 0.15) is 23.2 Å². The van der Waals surface area contributed by atoms with E-state index in [0.29, 0.717) is 31.7 Å². The first kappa shape index (κ1) is 14.6. The molecule has 1 saturated heterocycles. The molecule has 1 aromatic carbocycles. The van der Waals surface area contributed by atoms with Crippen LogP contribution in [0.2, 0.25) is 0 Å². The number of esters is 1. The molecule has 22 heavy (non-hydrogen) atoms. The molecule has 0 saturated carbocycles. The summed E-state index contributed by atoms with van der Waals surface area (Å²) in [6.07, 6.45) is 1.18. The molecule has 1 aromatic rings. The van der Waals surface area contributed by atoms with Crippen molar-refractivity contribution in [2.75, 3.05) is 25.3 Å². The lowest BCUT2D eigenvalue weighted by Gasteiger charge is -2.15. The Kier molecular flexibility index (Phi) is 3.89. The third kappa shape index (κ3) is 2.48. The topological polar surface area (TPSA) is 68.2 Å². The summed E-state index contributed by atoms with van der Waals surface area (Å²) < 4.78 is 23.6. The van der Waals surface area contributed by atoms with Crippen molar-refractivity contribution in [3.63, 3.8) is 0 Å². The number of halogens is 1. The number of amides is 1. The number of hydrogen-bond acceptors (Lipinski definition) is 5. The SMILES string of the molecule is COC(=O)c1cc(N2N=C3CCOCCC3C2=O)ccc1F. The molecular formula is C15H15FN2O4. The molecule has 1 fully saturated rings. The highest BCUT2D eigenvalue weighted by Crippen LogP contribution is 2.29. The number of hydrogen-bond donors (Lipinski definition) is 0. The van der Waals surface area contributed by atoms with Crippen molar-refractivity contribution in [2.45, 2.75) is 12.8 Å². The highest BCUT2D eigenvalue weighted by molar-refractivity contribution is 6.15. The quantitative estimate of drug-likeness (QED) is 0.781. The largest absolute Gasteiger partial charge is 0.465 e. The zero-order chi connectivity index (χ0) is 15.7. The lowest BCUT2D eigenvalue weighted by atomic mass is 9.98. The number of benzene rings is 1. The van der Waals surface area contributed by atoms with Crippen molar-refractivity contribution in [3.8, 4) is 0 Å². The predicted molar refractivity (Wildman–Crippen MR) is 76.2 cm³/mol. The second-order valence-electron chi connectivity index (χ2n) is 5.10. The van der Waals surface area contributed by atoms with Crippen molar-refractivity contribution >= 4 is 23.3 Å². The first-order chi connectivity index (χ1) is 10.6. The average Bonchev–Trinajstić information content (AvgIpc) is 2.71. The van der Waals surface area contributed by atoms with E-state index in [2.05, 4.69) is 9.84 Å². The van der Waals surface area contributed by atoms with Crippen LogP contribution in [0.25, 0.3) is 0 Å². The third-order valence-electron chi connectivity index (χ3n) is 3.79. The van der Waals surface area contributed by atoms with Gasteiger partial charge in [0.15, 0.2) is 0 Å². The van der Waals surface area contributed by atoms with Gasteiger partial charge in [0.2, 0.25) is 0 Å². The van der Waals surface area contributed by atoms with Crippen molar-refractivity contribution in [2.24, 2.45) is 11.0 Å². The highest BCUT2D eigenvalue weighted by Gasteiger charge is 2.37. The molecule has 0 spiro atoms. The molecular weight excluding hydrogens is 291 g/mol.